The van der Waals surface area contributed by atoms with Gasteiger partial charge in [0.2, 0.25) is 5.89 Å². The number of aromatic nitrogens is 1. The lowest BCUT2D eigenvalue weighted by atomic mass is 10.2. The van der Waals surface area contributed by atoms with E-state index < -0.39 is 0 Å². The molecule has 1 saturated heterocycles. The molecule has 0 bridgehead atoms. The summed E-state index contributed by atoms with van der Waals surface area (Å²) in [6, 6.07) is 9.84. The molecule has 0 spiro atoms. The van der Waals surface area contributed by atoms with Gasteiger partial charge in [-0.1, -0.05) is 18.2 Å². The van der Waals surface area contributed by atoms with Crippen LogP contribution in [0.4, 0.5) is 0 Å². The zero-order valence-corrected chi connectivity index (χ0v) is 10.7. The number of rotatable bonds is 4. The Morgan fingerprint density at radius 1 is 1.21 bits per heavy atom. The first-order chi connectivity index (χ1) is 9.42. The molecule has 1 aliphatic rings. The highest BCUT2D eigenvalue weighted by molar-refractivity contribution is 5.52. The molecule has 4 nitrogen and oxygen atoms in total. The van der Waals surface area contributed by atoms with E-state index in [1.807, 2.05) is 30.3 Å². The van der Waals surface area contributed by atoms with Crippen LogP contribution in [0.3, 0.4) is 0 Å². The highest BCUT2D eigenvalue weighted by Gasteiger charge is 2.15. The lowest BCUT2D eigenvalue weighted by Crippen LogP contribution is -2.22. The van der Waals surface area contributed by atoms with E-state index in [2.05, 4.69) is 4.98 Å². The predicted octanol–water partition coefficient (Wildman–Crippen LogP) is 3.38. The summed E-state index contributed by atoms with van der Waals surface area (Å²) in [5.74, 6) is 0.628. The van der Waals surface area contributed by atoms with Gasteiger partial charge in [-0.05, 0) is 31.4 Å². The monoisotopic (exact) mass is 259 g/mol. The third-order valence-corrected chi connectivity index (χ3v) is 3.13. The van der Waals surface area contributed by atoms with Crippen molar-refractivity contribution in [1.29, 1.82) is 0 Å². The van der Waals surface area contributed by atoms with E-state index in [0.29, 0.717) is 12.5 Å². The molecule has 100 valence electrons. The zero-order valence-electron chi connectivity index (χ0n) is 10.7. The summed E-state index contributed by atoms with van der Waals surface area (Å²) in [5, 5.41) is 0. The fourth-order valence-corrected chi connectivity index (χ4v) is 2.11. The van der Waals surface area contributed by atoms with Crippen LogP contribution in [0.2, 0.25) is 0 Å². The molecule has 0 radical (unpaired) electrons. The standard InChI is InChI=1S/C15H17NO3/c1-2-6-12(7-3-1)15-16-13(11-19-15)10-18-14-8-4-5-9-17-14/h1-3,6-7,11,14H,4-5,8-10H2. The Bertz CT molecular complexity index is 503. The van der Waals surface area contributed by atoms with E-state index in [0.717, 1.165) is 30.7 Å². The van der Waals surface area contributed by atoms with Crippen molar-refractivity contribution >= 4 is 0 Å². The quantitative estimate of drug-likeness (QED) is 0.844. The van der Waals surface area contributed by atoms with Gasteiger partial charge < -0.3 is 13.9 Å². The number of hydrogen-bond acceptors (Lipinski definition) is 4. The predicted molar refractivity (Wildman–Crippen MR) is 70.3 cm³/mol. The highest BCUT2D eigenvalue weighted by Crippen LogP contribution is 2.19. The van der Waals surface area contributed by atoms with Crippen LogP contribution in [0, 0.1) is 0 Å². The van der Waals surface area contributed by atoms with Crippen LogP contribution in [-0.4, -0.2) is 17.9 Å². The molecule has 2 aromatic rings. The van der Waals surface area contributed by atoms with Gasteiger partial charge in [0.15, 0.2) is 6.29 Å². The first kappa shape index (κ1) is 12.4. The minimum Gasteiger partial charge on any atom is -0.444 e. The number of nitrogens with zero attached hydrogens (tertiary/aromatic N) is 1. The van der Waals surface area contributed by atoms with Crippen LogP contribution in [0.15, 0.2) is 41.0 Å². The average Bonchev–Trinajstić information content (AvgIpc) is 2.96. The Labute approximate surface area is 112 Å². The van der Waals surface area contributed by atoms with Crippen molar-refractivity contribution in [2.75, 3.05) is 6.61 Å². The topological polar surface area (TPSA) is 44.5 Å². The van der Waals surface area contributed by atoms with E-state index in [1.54, 1.807) is 6.26 Å². The minimum absolute atomic E-state index is 0.0920. The molecule has 1 atom stereocenters. The zero-order chi connectivity index (χ0) is 12.9. The van der Waals surface area contributed by atoms with Crippen molar-refractivity contribution in [3.63, 3.8) is 0 Å². The van der Waals surface area contributed by atoms with Crippen molar-refractivity contribution < 1.29 is 13.9 Å². The second-order valence-corrected chi connectivity index (χ2v) is 4.62. The van der Waals surface area contributed by atoms with Gasteiger partial charge in [-0.3, -0.25) is 0 Å². The van der Waals surface area contributed by atoms with Gasteiger partial charge in [0.1, 0.15) is 12.0 Å². The smallest absolute Gasteiger partial charge is 0.226 e. The molecule has 1 aromatic heterocycles. The first-order valence-corrected chi connectivity index (χ1v) is 6.65. The van der Waals surface area contributed by atoms with E-state index >= 15 is 0 Å². The Morgan fingerprint density at radius 3 is 2.89 bits per heavy atom. The molecule has 1 fully saturated rings. The van der Waals surface area contributed by atoms with Crippen LogP contribution in [-0.2, 0) is 16.1 Å². The summed E-state index contributed by atoms with van der Waals surface area (Å²) < 4.78 is 16.6. The lowest BCUT2D eigenvalue weighted by molar-refractivity contribution is -0.169. The summed E-state index contributed by atoms with van der Waals surface area (Å²) in [5.41, 5.74) is 1.77. The van der Waals surface area contributed by atoms with Crippen molar-refractivity contribution in [1.82, 2.24) is 4.98 Å². The molecule has 3 rings (SSSR count). The van der Waals surface area contributed by atoms with E-state index in [9.17, 15) is 0 Å². The maximum absolute atomic E-state index is 5.67. The Balaban J connectivity index is 1.59. The van der Waals surface area contributed by atoms with Gasteiger partial charge in [-0.2, -0.15) is 0 Å². The molecule has 1 unspecified atom stereocenters. The van der Waals surface area contributed by atoms with Crippen molar-refractivity contribution in [2.24, 2.45) is 0 Å². The number of benzene rings is 1. The minimum atomic E-state index is -0.0920. The number of hydrogen-bond donors (Lipinski definition) is 0. The fraction of sp³-hybridized carbons (Fsp3) is 0.400. The second-order valence-electron chi connectivity index (χ2n) is 4.62. The maximum atomic E-state index is 5.67. The van der Waals surface area contributed by atoms with Gasteiger partial charge in [-0.25, -0.2) is 4.98 Å². The molecule has 0 saturated carbocycles. The van der Waals surface area contributed by atoms with Gasteiger partial charge in [-0.15, -0.1) is 0 Å². The fourth-order valence-electron chi connectivity index (χ4n) is 2.11. The number of oxazole rings is 1. The van der Waals surface area contributed by atoms with Crippen molar-refractivity contribution in [2.45, 2.75) is 32.2 Å². The average molecular weight is 259 g/mol. The lowest BCUT2D eigenvalue weighted by Gasteiger charge is -2.22. The Kier molecular flexibility index (Phi) is 3.91. The van der Waals surface area contributed by atoms with Crippen LogP contribution in [0.5, 0.6) is 0 Å². The van der Waals surface area contributed by atoms with Crippen molar-refractivity contribution in [3.8, 4) is 11.5 Å². The SMILES string of the molecule is c1ccc(-c2nc(COC3CCCCO3)co2)cc1. The van der Waals surface area contributed by atoms with Crippen LogP contribution < -0.4 is 0 Å². The molecule has 2 heterocycles. The normalized spacial score (nSPS) is 19.5. The van der Waals surface area contributed by atoms with Gasteiger partial charge in [0.25, 0.3) is 0 Å². The van der Waals surface area contributed by atoms with Gasteiger partial charge in [0.05, 0.1) is 6.61 Å². The molecule has 4 heteroatoms. The molecule has 1 aromatic carbocycles. The summed E-state index contributed by atoms with van der Waals surface area (Å²) in [6.07, 6.45) is 4.81. The van der Waals surface area contributed by atoms with Crippen molar-refractivity contribution in [3.05, 3.63) is 42.3 Å². The van der Waals surface area contributed by atoms with Crippen LogP contribution in [0.1, 0.15) is 25.0 Å². The molecule has 19 heavy (non-hydrogen) atoms. The summed E-state index contributed by atoms with van der Waals surface area (Å²) >= 11 is 0. The molecule has 0 N–H and O–H groups in total. The molecule has 1 aliphatic heterocycles. The number of ether oxygens (including phenoxy) is 2. The second kappa shape index (κ2) is 5.99. The summed E-state index contributed by atoms with van der Waals surface area (Å²) in [4.78, 5) is 4.42. The maximum Gasteiger partial charge on any atom is 0.226 e. The van der Waals surface area contributed by atoms with E-state index in [4.69, 9.17) is 13.9 Å². The third kappa shape index (κ3) is 3.22. The molecule has 0 aliphatic carbocycles. The summed E-state index contributed by atoms with van der Waals surface area (Å²) in [6.45, 7) is 1.22. The van der Waals surface area contributed by atoms with E-state index in [1.165, 1.54) is 6.42 Å². The van der Waals surface area contributed by atoms with Gasteiger partial charge >= 0.3 is 0 Å². The summed E-state index contributed by atoms with van der Waals surface area (Å²) in [7, 11) is 0. The van der Waals surface area contributed by atoms with Crippen LogP contribution in [0.25, 0.3) is 11.5 Å². The van der Waals surface area contributed by atoms with Gasteiger partial charge in [0, 0.05) is 12.2 Å². The molecular weight excluding hydrogens is 242 g/mol. The Hall–Kier alpha value is -1.65. The molecule has 0 amide bonds. The van der Waals surface area contributed by atoms with Crippen LogP contribution >= 0.6 is 0 Å². The largest absolute Gasteiger partial charge is 0.444 e. The third-order valence-electron chi connectivity index (χ3n) is 3.13. The molecular formula is C15H17NO3. The van der Waals surface area contributed by atoms with E-state index in [-0.39, 0.29) is 6.29 Å². The highest BCUT2D eigenvalue weighted by atomic mass is 16.7. The Morgan fingerprint density at radius 2 is 2.11 bits per heavy atom. The first-order valence-electron chi connectivity index (χ1n) is 6.65.